The number of benzene rings is 2. The van der Waals surface area contributed by atoms with E-state index in [9.17, 15) is 0 Å². The Hall–Kier alpha value is -1.98. The van der Waals surface area contributed by atoms with Gasteiger partial charge in [0.15, 0.2) is 5.11 Å². The van der Waals surface area contributed by atoms with Crippen molar-refractivity contribution in [3.05, 3.63) is 53.1 Å². The summed E-state index contributed by atoms with van der Waals surface area (Å²) in [6, 6.07) is 13.2. The van der Waals surface area contributed by atoms with E-state index in [0.29, 0.717) is 15.9 Å². The van der Waals surface area contributed by atoms with Crippen molar-refractivity contribution < 1.29 is 9.47 Å². The highest BCUT2D eigenvalue weighted by atomic mass is 35.5. The Kier molecular flexibility index (Phi) is 6.07. The molecule has 0 radical (unpaired) electrons. The highest BCUT2D eigenvalue weighted by Gasteiger charge is 2.10. The van der Waals surface area contributed by atoms with Gasteiger partial charge in [-0.15, -0.1) is 0 Å². The molecule has 23 heavy (non-hydrogen) atoms. The van der Waals surface area contributed by atoms with Crippen molar-refractivity contribution in [1.82, 2.24) is 5.32 Å². The van der Waals surface area contributed by atoms with Gasteiger partial charge >= 0.3 is 0 Å². The molecule has 0 heterocycles. The lowest BCUT2D eigenvalue weighted by molar-refractivity contribution is 0.414. The van der Waals surface area contributed by atoms with Crippen molar-refractivity contribution in [2.45, 2.75) is 13.0 Å². The molecule has 0 spiro atoms. The zero-order valence-corrected chi connectivity index (χ0v) is 14.8. The van der Waals surface area contributed by atoms with Gasteiger partial charge in [-0.3, -0.25) is 0 Å². The third-order valence-electron chi connectivity index (χ3n) is 3.37. The van der Waals surface area contributed by atoms with Crippen LogP contribution < -0.4 is 20.1 Å². The number of anilines is 1. The van der Waals surface area contributed by atoms with E-state index in [1.54, 1.807) is 32.4 Å². The summed E-state index contributed by atoms with van der Waals surface area (Å²) in [6.07, 6.45) is 0. The number of hydrogen-bond donors (Lipinski definition) is 2. The molecule has 2 aromatic carbocycles. The van der Waals surface area contributed by atoms with Crippen LogP contribution in [0.4, 0.5) is 5.69 Å². The van der Waals surface area contributed by atoms with Crippen LogP contribution in [0.2, 0.25) is 5.02 Å². The molecule has 0 amide bonds. The van der Waals surface area contributed by atoms with Gasteiger partial charge in [0.1, 0.15) is 11.5 Å². The smallest absolute Gasteiger partial charge is 0.171 e. The summed E-state index contributed by atoms with van der Waals surface area (Å²) in [4.78, 5) is 0. The summed E-state index contributed by atoms with van der Waals surface area (Å²) in [6.45, 7) is 2.03. The molecule has 0 aromatic heterocycles. The van der Waals surface area contributed by atoms with Crippen molar-refractivity contribution in [2.75, 3.05) is 19.5 Å². The number of methoxy groups -OCH3 is 2. The molecule has 0 aliphatic rings. The maximum atomic E-state index is 6.02. The summed E-state index contributed by atoms with van der Waals surface area (Å²) < 4.78 is 10.5. The molecule has 0 aliphatic carbocycles. The first kappa shape index (κ1) is 17.4. The third kappa shape index (κ3) is 4.74. The molecular formula is C17H19ClN2O2S. The molecule has 6 heteroatoms. The van der Waals surface area contributed by atoms with Crippen LogP contribution in [0, 0.1) is 0 Å². The Labute approximate surface area is 146 Å². The third-order valence-corrected chi connectivity index (χ3v) is 3.83. The molecule has 0 aliphatic heterocycles. The van der Waals surface area contributed by atoms with E-state index in [1.807, 2.05) is 31.2 Å². The van der Waals surface area contributed by atoms with E-state index in [2.05, 4.69) is 10.6 Å². The molecule has 2 N–H and O–H groups in total. The average molecular weight is 351 g/mol. The molecule has 1 atom stereocenters. The second kappa shape index (κ2) is 8.04. The second-order valence-electron chi connectivity index (χ2n) is 4.94. The van der Waals surface area contributed by atoms with Gasteiger partial charge in [0.05, 0.1) is 25.9 Å². The van der Waals surface area contributed by atoms with Crippen LogP contribution in [-0.2, 0) is 0 Å². The predicted octanol–water partition coefficient (Wildman–Crippen LogP) is 4.40. The maximum absolute atomic E-state index is 6.02. The minimum atomic E-state index is 0.0473. The number of halogens is 1. The standard InChI is InChI=1S/C17H19ClN2O2S/c1-11(12-4-7-14(21-2)8-5-12)19-17(23)20-15-10-13(18)6-9-16(15)22-3/h4-11H,1-3H3,(H2,19,20,23)/t11-/m1/s1. The summed E-state index contributed by atoms with van der Waals surface area (Å²) in [5.74, 6) is 1.50. The normalized spacial score (nSPS) is 11.5. The van der Waals surface area contributed by atoms with E-state index in [-0.39, 0.29) is 6.04 Å². The predicted molar refractivity (Wildman–Crippen MR) is 98.8 cm³/mol. The molecular weight excluding hydrogens is 332 g/mol. The van der Waals surface area contributed by atoms with Crippen LogP contribution in [-0.4, -0.2) is 19.3 Å². The molecule has 2 rings (SSSR count). The van der Waals surface area contributed by atoms with Crippen LogP contribution in [0.3, 0.4) is 0 Å². The van der Waals surface area contributed by atoms with E-state index < -0.39 is 0 Å². The lowest BCUT2D eigenvalue weighted by Gasteiger charge is -2.19. The lowest BCUT2D eigenvalue weighted by atomic mass is 10.1. The minimum Gasteiger partial charge on any atom is -0.497 e. The summed E-state index contributed by atoms with van der Waals surface area (Å²) in [5, 5.41) is 7.45. The fourth-order valence-electron chi connectivity index (χ4n) is 2.11. The number of ether oxygens (including phenoxy) is 2. The van der Waals surface area contributed by atoms with Gasteiger partial charge in [-0.25, -0.2) is 0 Å². The average Bonchev–Trinajstić information content (AvgIpc) is 2.55. The summed E-state index contributed by atoms with van der Waals surface area (Å²) >= 11 is 11.4. The van der Waals surface area contributed by atoms with Gasteiger partial charge in [0.2, 0.25) is 0 Å². The molecule has 0 saturated carbocycles. The van der Waals surface area contributed by atoms with Gasteiger partial charge in [-0.1, -0.05) is 23.7 Å². The number of hydrogen-bond acceptors (Lipinski definition) is 3. The summed E-state index contributed by atoms with van der Waals surface area (Å²) in [5.41, 5.74) is 1.83. The monoisotopic (exact) mass is 350 g/mol. The second-order valence-corrected chi connectivity index (χ2v) is 5.78. The topological polar surface area (TPSA) is 42.5 Å². The number of rotatable bonds is 5. The van der Waals surface area contributed by atoms with Gasteiger partial charge in [0.25, 0.3) is 0 Å². The first-order chi connectivity index (χ1) is 11.0. The number of nitrogens with one attached hydrogen (secondary N) is 2. The van der Waals surface area contributed by atoms with Crippen molar-refractivity contribution >= 4 is 34.6 Å². The van der Waals surface area contributed by atoms with E-state index >= 15 is 0 Å². The first-order valence-electron chi connectivity index (χ1n) is 7.08. The van der Waals surface area contributed by atoms with Crippen LogP contribution in [0.1, 0.15) is 18.5 Å². The maximum Gasteiger partial charge on any atom is 0.171 e. The molecule has 0 unspecified atom stereocenters. The molecule has 0 fully saturated rings. The molecule has 0 bridgehead atoms. The zero-order valence-electron chi connectivity index (χ0n) is 13.2. The van der Waals surface area contributed by atoms with Crippen LogP contribution in [0.25, 0.3) is 0 Å². The van der Waals surface area contributed by atoms with E-state index in [4.69, 9.17) is 33.3 Å². The summed E-state index contributed by atoms with van der Waals surface area (Å²) in [7, 11) is 3.25. The van der Waals surface area contributed by atoms with Gasteiger partial charge < -0.3 is 20.1 Å². The quantitative estimate of drug-likeness (QED) is 0.782. The SMILES string of the molecule is COc1ccc([C@@H](C)NC(=S)Nc2cc(Cl)ccc2OC)cc1. The van der Waals surface area contributed by atoms with Gasteiger partial charge in [-0.05, 0) is 55.0 Å². The minimum absolute atomic E-state index is 0.0473. The zero-order chi connectivity index (χ0) is 16.8. The Morgan fingerprint density at radius 2 is 1.78 bits per heavy atom. The largest absolute Gasteiger partial charge is 0.497 e. The molecule has 122 valence electrons. The first-order valence-corrected chi connectivity index (χ1v) is 7.87. The van der Waals surface area contributed by atoms with Crippen molar-refractivity contribution in [2.24, 2.45) is 0 Å². The fourth-order valence-corrected chi connectivity index (χ4v) is 2.57. The van der Waals surface area contributed by atoms with E-state index in [1.165, 1.54) is 0 Å². The van der Waals surface area contributed by atoms with Crippen LogP contribution >= 0.6 is 23.8 Å². The van der Waals surface area contributed by atoms with Crippen molar-refractivity contribution in [3.8, 4) is 11.5 Å². The Bertz CT molecular complexity index is 677. The molecule has 4 nitrogen and oxygen atoms in total. The Morgan fingerprint density at radius 1 is 1.09 bits per heavy atom. The Morgan fingerprint density at radius 3 is 2.39 bits per heavy atom. The highest BCUT2D eigenvalue weighted by Crippen LogP contribution is 2.27. The van der Waals surface area contributed by atoms with Gasteiger partial charge in [-0.2, -0.15) is 0 Å². The highest BCUT2D eigenvalue weighted by molar-refractivity contribution is 7.80. The number of thiocarbonyl (C=S) groups is 1. The van der Waals surface area contributed by atoms with Crippen molar-refractivity contribution in [3.63, 3.8) is 0 Å². The lowest BCUT2D eigenvalue weighted by Crippen LogP contribution is -2.31. The fraction of sp³-hybridized carbons (Fsp3) is 0.235. The molecule has 0 saturated heterocycles. The van der Waals surface area contributed by atoms with Crippen LogP contribution in [0.5, 0.6) is 11.5 Å². The molecule has 2 aromatic rings. The van der Waals surface area contributed by atoms with Crippen molar-refractivity contribution in [1.29, 1.82) is 0 Å². The van der Waals surface area contributed by atoms with E-state index in [0.717, 1.165) is 17.0 Å². The van der Waals surface area contributed by atoms with Crippen LogP contribution in [0.15, 0.2) is 42.5 Å². The van der Waals surface area contributed by atoms with Gasteiger partial charge in [0, 0.05) is 5.02 Å². The Balaban J connectivity index is 2.02.